The Labute approximate surface area is 216 Å². The molecule has 4 heterocycles. The number of anilines is 2. The molecule has 0 bridgehead atoms. The molecule has 0 unspecified atom stereocenters. The van der Waals surface area contributed by atoms with Crippen LogP contribution in [-0.2, 0) is 0 Å². The monoisotopic (exact) mass is 514 g/mol. The molecule has 5 aromatic rings. The zero-order valence-electron chi connectivity index (χ0n) is 20.1. The molecule has 1 atom stereocenters. The van der Waals surface area contributed by atoms with E-state index in [4.69, 9.17) is 5.26 Å². The number of alkyl halides is 1. The average molecular weight is 515 g/mol. The van der Waals surface area contributed by atoms with Crippen molar-refractivity contribution in [3.05, 3.63) is 78.1 Å². The van der Waals surface area contributed by atoms with Crippen molar-refractivity contribution in [2.24, 2.45) is 0 Å². The lowest BCUT2D eigenvalue weighted by molar-refractivity contribution is -0.00177. The van der Waals surface area contributed by atoms with Crippen molar-refractivity contribution < 1.29 is 14.3 Å². The Hall–Kier alpha value is -4.33. The fourth-order valence-corrected chi connectivity index (χ4v) is 4.81. The third kappa shape index (κ3) is 5.00. The Bertz CT molecular complexity index is 1630. The molecule has 0 saturated carbocycles. The average Bonchev–Trinajstić information content (AvgIpc) is 3.49. The van der Waals surface area contributed by atoms with E-state index in [0.717, 1.165) is 20.6 Å². The highest BCUT2D eigenvalue weighted by Gasteiger charge is 2.27. The molecule has 10 heteroatoms. The molecular weight excluding hydrogens is 491 g/mol. The maximum Gasteiger partial charge on any atom is 0.255 e. The number of benzene rings is 1. The fraction of sp³-hybridized carbons (Fsp3) is 0.185. The second-order valence-electron chi connectivity index (χ2n) is 9.13. The van der Waals surface area contributed by atoms with Gasteiger partial charge in [0, 0.05) is 10.9 Å². The molecule has 5 rings (SSSR count). The van der Waals surface area contributed by atoms with E-state index >= 15 is 0 Å². The molecule has 1 aromatic carbocycles. The van der Waals surface area contributed by atoms with E-state index in [1.54, 1.807) is 16.6 Å². The van der Waals surface area contributed by atoms with Crippen molar-refractivity contribution in [3.8, 4) is 17.5 Å². The van der Waals surface area contributed by atoms with E-state index in [2.05, 4.69) is 26.8 Å². The van der Waals surface area contributed by atoms with Crippen LogP contribution in [-0.4, -0.2) is 43.9 Å². The summed E-state index contributed by atoms with van der Waals surface area (Å²) in [5.41, 5.74) is 1.54. The van der Waals surface area contributed by atoms with Crippen LogP contribution in [0.2, 0.25) is 0 Å². The van der Waals surface area contributed by atoms with Gasteiger partial charge in [0.15, 0.2) is 0 Å². The van der Waals surface area contributed by atoms with Crippen LogP contribution in [0.15, 0.2) is 67.0 Å². The molecule has 3 N–H and O–H groups in total. The number of nitrogens with one attached hydrogen (secondary N) is 2. The van der Waals surface area contributed by atoms with Crippen LogP contribution in [0.4, 0.5) is 15.1 Å². The number of aromatic nitrogens is 3. The molecule has 8 nitrogen and oxygen atoms in total. The number of amides is 1. The first-order chi connectivity index (χ1) is 17.7. The molecule has 0 aliphatic heterocycles. The maximum atomic E-state index is 14.3. The van der Waals surface area contributed by atoms with Gasteiger partial charge in [0.25, 0.3) is 5.91 Å². The minimum atomic E-state index is -1.64. The summed E-state index contributed by atoms with van der Waals surface area (Å²) < 4.78 is 17.0. The Morgan fingerprint density at radius 2 is 2.03 bits per heavy atom. The smallest absolute Gasteiger partial charge is 0.255 e. The van der Waals surface area contributed by atoms with Crippen molar-refractivity contribution in [2.45, 2.75) is 25.6 Å². The molecule has 0 aliphatic carbocycles. The van der Waals surface area contributed by atoms with E-state index in [1.165, 1.54) is 37.6 Å². The van der Waals surface area contributed by atoms with E-state index in [1.807, 2.05) is 42.5 Å². The SMILES string of the molecule is CC(C)(O)[C@H](F)CNC(=O)c1cnc(-c2ccc3cc(C#N)cnn23)cc1Nc1cc2ccccc2s1. The van der Waals surface area contributed by atoms with Crippen LogP contribution in [0.1, 0.15) is 29.8 Å². The predicted molar refractivity (Wildman–Crippen MR) is 142 cm³/mol. The van der Waals surface area contributed by atoms with Gasteiger partial charge in [-0.2, -0.15) is 10.4 Å². The molecule has 1 amide bonds. The summed E-state index contributed by atoms with van der Waals surface area (Å²) in [6.45, 7) is 2.36. The number of hydrogen-bond acceptors (Lipinski definition) is 7. The predicted octanol–water partition coefficient (Wildman–Crippen LogP) is 5.07. The Morgan fingerprint density at radius 3 is 2.78 bits per heavy atom. The van der Waals surface area contributed by atoms with Crippen LogP contribution < -0.4 is 10.6 Å². The number of halogens is 1. The van der Waals surface area contributed by atoms with Gasteiger partial charge in [0.2, 0.25) is 0 Å². The summed E-state index contributed by atoms with van der Waals surface area (Å²) in [7, 11) is 0. The third-order valence-electron chi connectivity index (χ3n) is 5.93. The number of aliphatic hydroxyl groups is 1. The van der Waals surface area contributed by atoms with Crippen molar-refractivity contribution in [2.75, 3.05) is 11.9 Å². The number of fused-ring (bicyclic) bond motifs is 2. The van der Waals surface area contributed by atoms with E-state index in [0.29, 0.717) is 22.6 Å². The Morgan fingerprint density at radius 1 is 1.22 bits per heavy atom. The molecule has 37 heavy (non-hydrogen) atoms. The highest BCUT2D eigenvalue weighted by Crippen LogP contribution is 2.34. The van der Waals surface area contributed by atoms with Crippen LogP contribution >= 0.6 is 11.3 Å². The number of thiophene rings is 1. The van der Waals surface area contributed by atoms with Gasteiger partial charge in [-0.25, -0.2) is 8.91 Å². The normalized spacial score (nSPS) is 12.4. The minimum Gasteiger partial charge on any atom is -0.387 e. The molecule has 0 radical (unpaired) electrons. The third-order valence-corrected chi connectivity index (χ3v) is 6.96. The summed E-state index contributed by atoms with van der Waals surface area (Å²) in [5.74, 6) is -0.522. The molecule has 0 saturated heterocycles. The second kappa shape index (κ2) is 9.61. The van der Waals surface area contributed by atoms with Gasteiger partial charge in [0.05, 0.1) is 57.1 Å². The Kier molecular flexibility index (Phi) is 6.33. The largest absolute Gasteiger partial charge is 0.387 e. The van der Waals surface area contributed by atoms with Gasteiger partial charge >= 0.3 is 0 Å². The maximum absolute atomic E-state index is 14.3. The summed E-state index contributed by atoms with van der Waals surface area (Å²) in [6.07, 6.45) is 1.27. The number of nitriles is 1. The second-order valence-corrected chi connectivity index (χ2v) is 10.2. The first-order valence-electron chi connectivity index (χ1n) is 11.5. The van der Waals surface area contributed by atoms with E-state index in [9.17, 15) is 14.3 Å². The number of hydrogen-bond donors (Lipinski definition) is 3. The summed E-state index contributed by atoms with van der Waals surface area (Å²) in [6, 6.07) is 19.2. The van der Waals surface area contributed by atoms with Gasteiger partial charge in [-0.05, 0) is 55.6 Å². The molecular formula is C27H23FN6O2S. The standard InChI is InChI=1S/C27H23FN6O2S/c1-27(2,36)24(28)15-31-26(35)19-14-30-21(22-8-7-18-9-16(12-29)13-32-34(18)22)11-20(19)33-25-10-17-5-3-4-6-23(17)37-25/h3-11,13-14,24,36H,15H2,1-2H3,(H,30,33)(H,31,35)/t24-/m1/s1. The topological polar surface area (TPSA) is 115 Å². The van der Waals surface area contributed by atoms with Crippen molar-refractivity contribution in [3.63, 3.8) is 0 Å². The molecule has 4 aromatic heterocycles. The first kappa shape index (κ1) is 24.4. The fourth-order valence-electron chi connectivity index (χ4n) is 3.84. The summed E-state index contributed by atoms with van der Waals surface area (Å²) in [5, 5.41) is 31.2. The minimum absolute atomic E-state index is 0.227. The van der Waals surface area contributed by atoms with Gasteiger partial charge in [0.1, 0.15) is 12.2 Å². The number of carbonyl (C=O) groups is 1. The lowest BCUT2D eigenvalue weighted by atomic mass is 10.0. The van der Waals surface area contributed by atoms with Crippen molar-refractivity contribution in [1.82, 2.24) is 19.9 Å². The van der Waals surface area contributed by atoms with Gasteiger partial charge in [-0.3, -0.25) is 9.78 Å². The number of pyridine rings is 1. The number of nitrogens with zero attached hydrogens (tertiary/aromatic N) is 4. The summed E-state index contributed by atoms with van der Waals surface area (Å²) >= 11 is 1.54. The Balaban J connectivity index is 1.53. The molecule has 0 fully saturated rings. The zero-order chi connectivity index (χ0) is 26.2. The van der Waals surface area contributed by atoms with E-state index in [-0.39, 0.29) is 12.1 Å². The van der Waals surface area contributed by atoms with E-state index < -0.39 is 17.7 Å². The summed E-state index contributed by atoms with van der Waals surface area (Å²) in [4.78, 5) is 17.5. The van der Waals surface area contributed by atoms with Crippen LogP contribution in [0.25, 0.3) is 27.0 Å². The van der Waals surface area contributed by atoms with Crippen LogP contribution in [0, 0.1) is 11.3 Å². The number of carbonyl (C=O) groups excluding carboxylic acids is 1. The van der Waals surface area contributed by atoms with Crippen molar-refractivity contribution in [1.29, 1.82) is 5.26 Å². The number of rotatable bonds is 7. The zero-order valence-corrected chi connectivity index (χ0v) is 20.9. The van der Waals surface area contributed by atoms with Gasteiger partial charge in [-0.1, -0.05) is 18.2 Å². The lowest BCUT2D eigenvalue weighted by Crippen LogP contribution is -2.42. The van der Waals surface area contributed by atoms with Gasteiger partial charge in [-0.15, -0.1) is 11.3 Å². The molecule has 0 spiro atoms. The first-order valence-corrected chi connectivity index (χ1v) is 12.3. The van der Waals surface area contributed by atoms with Crippen molar-refractivity contribution >= 4 is 43.5 Å². The van der Waals surface area contributed by atoms with Gasteiger partial charge < -0.3 is 15.7 Å². The molecule has 186 valence electrons. The highest BCUT2D eigenvalue weighted by atomic mass is 32.1. The lowest BCUT2D eigenvalue weighted by Gasteiger charge is -2.22. The highest BCUT2D eigenvalue weighted by molar-refractivity contribution is 7.22. The van der Waals surface area contributed by atoms with Crippen LogP contribution in [0.5, 0.6) is 0 Å². The van der Waals surface area contributed by atoms with Crippen LogP contribution in [0.3, 0.4) is 0 Å². The quantitative estimate of drug-likeness (QED) is 0.280. The molecule has 0 aliphatic rings.